The summed E-state index contributed by atoms with van der Waals surface area (Å²) in [5.74, 6) is -1.42. The monoisotopic (exact) mass is 448 g/mol. The van der Waals surface area contributed by atoms with Gasteiger partial charge in [-0.2, -0.15) is 0 Å². The Bertz CT molecular complexity index is 1200. The van der Waals surface area contributed by atoms with E-state index in [4.69, 9.17) is 11.6 Å². The molecular weight excluding hydrogens is 424 g/mol. The highest BCUT2D eigenvalue weighted by molar-refractivity contribution is 6.46. The van der Waals surface area contributed by atoms with Crippen molar-refractivity contribution in [2.75, 3.05) is 27.2 Å². The van der Waals surface area contributed by atoms with Crippen molar-refractivity contribution in [3.63, 3.8) is 0 Å². The average Bonchev–Trinajstić information content (AvgIpc) is 3.03. The van der Waals surface area contributed by atoms with Gasteiger partial charge in [0, 0.05) is 17.1 Å². The molecule has 1 atom stereocenters. The fourth-order valence-electron chi connectivity index (χ4n) is 4.24. The number of fused-ring (bicyclic) bond motifs is 1. The molecule has 0 spiro atoms. The zero-order valence-electron chi connectivity index (χ0n) is 18.1. The van der Waals surface area contributed by atoms with Crippen LogP contribution < -0.4 is 0 Å². The highest BCUT2D eigenvalue weighted by Gasteiger charge is 2.45. The van der Waals surface area contributed by atoms with Crippen LogP contribution in [-0.4, -0.2) is 53.8 Å². The minimum absolute atomic E-state index is 0.110. The molecule has 164 valence electrons. The second kappa shape index (κ2) is 9.15. The summed E-state index contributed by atoms with van der Waals surface area (Å²) in [7, 11) is 3.93. The molecule has 3 aromatic carbocycles. The lowest BCUT2D eigenvalue weighted by molar-refractivity contribution is -0.139. The van der Waals surface area contributed by atoms with E-state index in [2.05, 4.69) is 0 Å². The standard InChI is InChI=1S/C26H25ClN2O3/c1-28(2)15-6-16-29-23(18-11-13-19(27)14-12-18)22(25(31)26(29)32)24(30)21-10-5-8-17-7-3-4-9-20(17)21/h3-5,7-14,23,30H,6,15-16H2,1-2H3/b24-22-. The van der Waals surface area contributed by atoms with Gasteiger partial charge >= 0.3 is 0 Å². The third-order valence-electron chi connectivity index (χ3n) is 5.77. The third kappa shape index (κ3) is 4.14. The predicted molar refractivity (Wildman–Crippen MR) is 128 cm³/mol. The van der Waals surface area contributed by atoms with Crippen molar-refractivity contribution in [3.8, 4) is 0 Å². The zero-order valence-corrected chi connectivity index (χ0v) is 18.8. The molecule has 3 aromatic rings. The fourth-order valence-corrected chi connectivity index (χ4v) is 4.36. The number of carbonyl (C=O) groups excluding carboxylic acids is 2. The highest BCUT2D eigenvalue weighted by atomic mass is 35.5. The lowest BCUT2D eigenvalue weighted by atomic mass is 9.93. The Morgan fingerprint density at radius 1 is 1.00 bits per heavy atom. The van der Waals surface area contributed by atoms with E-state index in [-0.39, 0.29) is 11.3 Å². The summed E-state index contributed by atoms with van der Waals surface area (Å²) in [4.78, 5) is 29.8. The smallest absolute Gasteiger partial charge is 0.295 e. The van der Waals surface area contributed by atoms with E-state index in [1.165, 1.54) is 0 Å². The molecule has 6 heteroatoms. The van der Waals surface area contributed by atoms with Gasteiger partial charge < -0.3 is 14.9 Å². The Labute approximate surface area is 192 Å². The van der Waals surface area contributed by atoms with Gasteiger partial charge in [0.05, 0.1) is 11.6 Å². The Hall–Kier alpha value is -3.15. The van der Waals surface area contributed by atoms with Crippen molar-refractivity contribution in [3.05, 3.63) is 88.5 Å². The summed E-state index contributed by atoms with van der Waals surface area (Å²) in [6, 6.07) is 19.6. The Balaban J connectivity index is 1.86. The maximum Gasteiger partial charge on any atom is 0.295 e. The number of aliphatic hydroxyl groups excluding tert-OH is 1. The molecule has 32 heavy (non-hydrogen) atoms. The molecule has 1 saturated heterocycles. The van der Waals surface area contributed by atoms with Crippen LogP contribution in [-0.2, 0) is 9.59 Å². The average molecular weight is 449 g/mol. The molecular formula is C26H25ClN2O3. The van der Waals surface area contributed by atoms with Crippen molar-refractivity contribution in [1.29, 1.82) is 0 Å². The van der Waals surface area contributed by atoms with Gasteiger partial charge in [-0.1, -0.05) is 66.2 Å². The summed E-state index contributed by atoms with van der Waals surface area (Å²) in [5.41, 5.74) is 1.38. The molecule has 1 aliphatic heterocycles. The van der Waals surface area contributed by atoms with Crippen molar-refractivity contribution < 1.29 is 14.7 Å². The van der Waals surface area contributed by atoms with E-state index >= 15 is 0 Å². The third-order valence-corrected chi connectivity index (χ3v) is 6.03. The van der Waals surface area contributed by atoms with Crippen molar-refractivity contribution in [2.45, 2.75) is 12.5 Å². The lowest BCUT2D eigenvalue weighted by Crippen LogP contribution is -2.32. The topological polar surface area (TPSA) is 60.9 Å². The number of aliphatic hydroxyl groups is 1. The number of hydrogen-bond donors (Lipinski definition) is 1. The summed E-state index contributed by atoms with van der Waals surface area (Å²) < 4.78 is 0. The lowest BCUT2D eigenvalue weighted by Gasteiger charge is -2.26. The van der Waals surface area contributed by atoms with Crippen LogP contribution in [0.1, 0.15) is 23.6 Å². The molecule has 1 amide bonds. The molecule has 1 unspecified atom stereocenters. The van der Waals surface area contributed by atoms with Gasteiger partial charge in [-0.15, -0.1) is 0 Å². The van der Waals surface area contributed by atoms with E-state index in [1.54, 1.807) is 35.2 Å². The number of hydrogen-bond acceptors (Lipinski definition) is 4. The van der Waals surface area contributed by atoms with Gasteiger partial charge in [0.1, 0.15) is 5.76 Å². The Kier molecular flexibility index (Phi) is 6.31. The van der Waals surface area contributed by atoms with Gasteiger partial charge in [0.15, 0.2) is 0 Å². The number of ketones is 1. The molecule has 1 N–H and O–H groups in total. The normalized spacial score (nSPS) is 18.1. The summed E-state index contributed by atoms with van der Waals surface area (Å²) in [6.07, 6.45) is 0.707. The number of carbonyl (C=O) groups is 2. The first-order valence-electron chi connectivity index (χ1n) is 10.5. The maximum atomic E-state index is 13.2. The van der Waals surface area contributed by atoms with E-state index in [0.717, 1.165) is 22.9 Å². The summed E-state index contributed by atoms with van der Waals surface area (Å²) in [6.45, 7) is 1.18. The molecule has 1 fully saturated rings. The molecule has 5 nitrogen and oxygen atoms in total. The summed E-state index contributed by atoms with van der Waals surface area (Å²) >= 11 is 6.08. The quantitative estimate of drug-likeness (QED) is 0.332. The molecule has 1 heterocycles. The van der Waals surface area contributed by atoms with E-state index < -0.39 is 17.7 Å². The zero-order chi connectivity index (χ0) is 22.8. The van der Waals surface area contributed by atoms with Crippen LogP contribution in [0.5, 0.6) is 0 Å². The number of likely N-dealkylation sites (tertiary alicyclic amines) is 1. The number of halogens is 1. The maximum absolute atomic E-state index is 13.2. The molecule has 1 aliphatic rings. The predicted octanol–water partition coefficient (Wildman–Crippen LogP) is 4.87. The number of amides is 1. The van der Waals surface area contributed by atoms with Crippen LogP contribution in [0.3, 0.4) is 0 Å². The van der Waals surface area contributed by atoms with Crippen LogP contribution in [0.4, 0.5) is 0 Å². The van der Waals surface area contributed by atoms with Crippen LogP contribution in [0.2, 0.25) is 5.02 Å². The van der Waals surface area contributed by atoms with Gasteiger partial charge in [-0.05, 0) is 55.5 Å². The number of benzene rings is 3. The van der Waals surface area contributed by atoms with Gasteiger partial charge in [-0.25, -0.2) is 0 Å². The molecule has 0 bridgehead atoms. The SMILES string of the molecule is CN(C)CCCN1C(=O)C(=O)/C(=C(\O)c2cccc3ccccc23)C1c1ccc(Cl)cc1. The van der Waals surface area contributed by atoms with Gasteiger partial charge in [0.2, 0.25) is 0 Å². The number of Topliss-reactive ketones (excluding diaryl/α,β-unsaturated/α-hetero) is 1. The van der Waals surface area contributed by atoms with Gasteiger partial charge in [-0.3, -0.25) is 9.59 Å². The first-order valence-corrected chi connectivity index (χ1v) is 10.9. The fraction of sp³-hybridized carbons (Fsp3) is 0.231. The molecule has 4 rings (SSSR count). The summed E-state index contributed by atoms with van der Waals surface area (Å²) in [5, 5.41) is 13.7. The molecule has 0 aromatic heterocycles. The van der Waals surface area contributed by atoms with Crippen LogP contribution in [0, 0.1) is 0 Å². The highest BCUT2D eigenvalue weighted by Crippen LogP contribution is 2.40. The Morgan fingerprint density at radius 2 is 1.69 bits per heavy atom. The second-order valence-corrected chi connectivity index (χ2v) is 8.66. The van der Waals surface area contributed by atoms with Crippen molar-refractivity contribution in [2.24, 2.45) is 0 Å². The first-order chi connectivity index (χ1) is 15.4. The van der Waals surface area contributed by atoms with Gasteiger partial charge in [0.25, 0.3) is 11.7 Å². The van der Waals surface area contributed by atoms with Crippen molar-refractivity contribution >= 4 is 39.8 Å². The van der Waals surface area contributed by atoms with Crippen molar-refractivity contribution in [1.82, 2.24) is 9.80 Å². The van der Waals surface area contributed by atoms with E-state index in [0.29, 0.717) is 23.6 Å². The largest absolute Gasteiger partial charge is 0.507 e. The minimum Gasteiger partial charge on any atom is -0.507 e. The van der Waals surface area contributed by atoms with Crippen LogP contribution >= 0.6 is 11.6 Å². The Morgan fingerprint density at radius 3 is 2.41 bits per heavy atom. The second-order valence-electron chi connectivity index (χ2n) is 8.23. The van der Waals surface area contributed by atoms with E-state index in [1.807, 2.05) is 55.4 Å². The number of rotatable bonds is 6. The first kappa shape index (κ1) is 22.1. The molecule has 0 saturated carbocycles. The van der Waals surface area contributed by atoms with E-state index in [9.17, 15) is 14.7 Å². The molecule has 0 radical (unpaired) electrons. The van der Waals surface area contributed by atoms with Crippen LogP contribution in [0.15, 0.2) is 72.3 Å². The minimum atomic E-state index is -0.673. The molecule has 0 aliphatic carbocycles. The van der Waals surface area contributed by atoms with Crippen LogP contribution in [0.25, 0.3) is 16.5 Å². The number of nitrogens with zero attached hydrogens (tertiary/aromatic N) is 2.